The van der Waals surface area contributed by atoms with Crippen LogP contribution in [-0.2, 0) is 17.7 Å². The van der Waals surface area contributed by atoms with Crippen LogP contribution < -0.4 is 5.56 Å². The molecule has 1 aromatic carbocycles. The Bertz CT molecular complexity index is 690. The molecule has 20 heavy (non-hydrogen) atoms. The van der Waals surface area contributed by atoms with Crippen LogP contribution in [-0.4, -0.2) is 16.3 Å². The summed E-state index contributed by atoms with van der Waals surface area (Å²) in [4.78, 5) is 12.0. The number of pyridine rings is 1. The molecule has 1 aliphatic heterocycles. The van der Waals surface area contributed by atoms with Crippen LogP contribution in [0.4, 0.5) is 0 Å². The van der Waals surface area contributed by atoms with E-state index in [4.69, 9.17) is 4.74 Å². The molecule has 3 rings (SSSR count). The summed E-state index contributed by atoms with van der Waals surface area (Å²) in [5, 5.41) is 9.44. The quantitative estimate of drug-likeness (QED) is 0.910. The van der Waals surface area contributed by atoms with Crippen LogP contribution in [0.2, 0.25) is 0 Å². The van der Waals surface area contributed by atoms with Crippen LogP contribution in [0.5, 0.6) is 5.75 Å². The Morgan fingerprint density at radius 3 is 2.95 bits per heavy atom. The summed E-state index contributed by atoms with van der Waals surface area (Å²) in [6, 6.07) is 11.0. The lowest BCUT2D eigenvalue weighted by Crippen LogP contribution is -2.28. The third kappa shape index (κ3) is 2.34. The second-order valence-corrected chi connectivity index (χ2v) is 5.11. The first-order valence-electron chi connectivity index (χ1n) is 6.75. The molecule has 1 aromatic heterocycles. The average Bonchev–Trinajstić information content (AvgIpc) is 2.43. The van der Waals surface area contributed by atoms with E-state index in [-0.39, 0.29) is 17.4 Å². The van der Waals surface area contributed by atoms with Crippen molar-refractivity contribution >= 4 is 0 Å². The Morgan fingerprint density at radius 2 is 2.15 bits per heavy atom. The number of hydrogen-bond donors (Lipinski definition) is 1. The molecular weight excluding hydrogens is 254 g/mol. The van der Waals surface area contributed by atoms with Crippen LogP contribution in [0, 0.1) is 6.92 Å². The first-order valence-corrected chi connectivity index (χ1v) is 6.75. The molecule has 0 saturated heterocycles. The predicted molar refractivity (Wildman–Crippen MR) is 75.9 cm³/mol. The fourth-order valence-corrected chi connectivity index (χ4v) is 2.74. The smallest absolute Gasteiger partial charge is 0.254 e. The zero-order valence-electron chi connectivity index (χ0n) is 11.4. The maximum atomic E-state index is 12.0. The summed E-state index contributed by atoms with van der Waals surface area (Å²) >= 11 is 0. The summed E-state index contributed by atoms with van der Waals surface area (Å²) in [5.41, 5.74) is 2.97. The van der Waals surface area contributed by atoms with Gasteiger partial charge in [-0.25, -0.2) is 0 Å². The van der Waals surface area contributed by atoms with Crippen molar-refractivity contribution < 1.29 is 9.84 Å². The zero-order chi connectivity index (χ0) is 14.1. The molecule has 0 fully saturated rings. The van der Waals surface area contributed by atoms with E-state index in [0.717, 1.165) is 17.7 Å². The fraction of sp³-hybridized carbons (Fsp3) is 0.312. The van der Waals surface area contributed by atoms with Crippen molar-refractivity contribution in [1.82, 2.24) is 4.57 Å². The van der Waals surface area contributed by atoms with Crippen molar-refractivity contribution in [1.29, 1.82) is 0 Å². The van der Waals surface area contributed by atoms with Crippen LogP contribution >= 0.6 is 0 Å². The number of aromatic nitrogens is 1. The monoisotopic (exact) mass is 271 g/mol. The lowest BCUT2D eigenvalue weighted by atomic mass is 9.97. The summed E-state index contributed by atoms with van der Waals surface area (Å²) < 4.78 is 7.47. The van der Waals surface area contributed by atoms with E-state index in [0.29, 0.717) is 13.2 Å². The number of aryl methyl sites for hydroxylation is 1. The summed E-state index contributed by atoms with van der Waals surface area (Å²) in [5.74, 6) is 0.00807. The van der Waals surface area contributed by atoms with Gasteiger partial charge >= 0.3 is 0 Å². The van der Waals surface area contributed by atoms with Crippen LogP contribution in [0.15, 0.2) is 41.2 Å². The van der Waals surface area contributed by atoms with Gasteiger partial charge in [0.05, 0.1) is 13.2 Å². The molecule has 4 heteroatoms. The molecule has 2 aromatic rings. The summed E-state index contributed by atoms with van der Waals surface area (Å²) in [7, 11) is 0. The van der Waals surface area contributed by atoms with E-state index < -0.39 is 0 Å². The van der Waals surface area contributed by atoms with Crippen molar-refractivity contribution in [2.75, 3.05) is 6.61 Å². The summed E-state index contributed by atoms with van der Waals surface area (Å²) in [6.45, 7) is 2.96. The highest BCUT2D eigenvalue weighted by atomic mass is 16.5. The summed E-state index contributed by atoms with van der Waals surface area (Å²) in [6.07, 6.45) is 0.803. The number of benzene rings is 1. The lowest BCUT2D eigenvalue weighted by Gasteiger charge is -2.27. The van der Waals surface area contributed by atoms with E-state index in [1.165, 1.54) is 11.6 Å². The van der Waals surface area contributed by atoms with Gasteiger partial charge in [0.15, 0.2) is 0 Å². The molecule has 0 bridgehead atoms. The highest BCUT2D eigenvalue weighted by Crippen LogP contribution is 2.28. The maximum Gasteiger partial charge on any atom is 0.254 e. The molecule has 0 radical (unpaired) electrons. The molecular formula is C16H17NO3. The topological polar surface area (TPSA) is 51.5 Å². The zero-order valence-corrected chi connectivity index (χ0v) is 11.4. The minimum absolute atomic E-state index is 0.00807. The van der Waals surface area contributed by atoms with Gasteiger partial charge < -0.3 is 14.4 Å². The molecule has 1 unspecified atom stereocenters. The van der Waals surface area contributed by atoms with E-state index in [9.17, 15) is 9.90 Å². The normalized spacial score (nSPS) is 17.8. The van der Waals surface area contributed by atoms with E-state index in [2.05, 4.69) is 12.1 Å². The lowest BCUT2D eigenvalue weighted by molar-refractivity contribution is 0.0295. The van der Waals surface area contributed by atoms with Crippen molar-refractivity contribution in [3.05, 3.63) is 63.6 Å². The van der Waals surface area contributed by atoms with Crippen LogP contribution in [0.1, 0.15) is 22.9 Å². The Balaban J connectivity index is 1.96. The van der Waals surface area contributed by atoms with Gasteiger partial charge in [-0.3, -0.25) is 4.79 Å². The maximum absolute atomic E-state index is 12.0. The Labute approximate surface area is 117 Å². The number of rotatable bonds is 2. The minimum Gasteiger partial charge on any atom is -0.508 e. The molecule has 1 N–H and O–H groups in total. The Hall–Kier alpha value is -2.07. The number of ether oxygens (including phenoxy) is 1. The second-order valence-electron chi connectivity index (χ2n) is 5.11. The van der Waals surface area contributed by atoms with E-state index in [1.54, 1.807) is 10.6 Å². The first-order chi connectivity index (χ1) is 9.65. The molecule has 4 nitrogen and oxygen atoms in total. The predicted octanol–water partition coefficient (Wildman–Crippen LogP) is 2.18. The van der Waals surface area contributed by atoms with Crippen LogP contribution in [0.3, 0.4) is 0 Å². The third-order valence-corrected chi connectivity index (χ3v) is 3.76. The highest BCUT2D eigenvalue weighted by Gasteiger charge is 2.21. The largest absolute Gasteiger partial charge is 0.508 e. The number of nitrogens with zero attached hydrogens (tertiary/aromatic N) is 1. The number of hydrogen-bond acceptors (Lipinski definition) is 3. The van der Waals surface area contributed by atoms with Gasteiger partial charge in [0.2, 0.25) is 0 Å². The second kappa shape index (κ2) is 5.13. The molecule has 2 heterocycles. The molecule has 0 spiro atoms. The number of aromatic hydroxyl groups is 1. The van der Waals surface area contributed by atoms with Gasteiger partial charge in [-0.05, 0) is 30.5 Å². The molecule has 0 amide bonds. The van der Waals surface area contributed by atoms with Gasteiger partial charge in [0.25, 0.3) is 5.56 Å². The van der Waals surface area contributed by atoms with Crippen molar-refractivity contribution in [3.63, 3.8) is 0 Å². The molecule has 1 aliphatic rings. The highest BCUT2D eigenvalue weighted by molar-refractivity contribution is 5.31. The van der Waals surface area contributed by atoms with E-state index in [1.807, 2.05) is 19.1 Å². The molecule has 0 saturated carbocycles. The standard InChI is InChI=1S/C16H17NO3/c1-11-8-13(18)9-16(19)17(11)10-15-14-5-3-2-4-12(14)6-7-20-15/h2-5,8-9,15,18H,6-7,10H2,1H3. The van der Waals surface area contributed by atoms with Crippen LogP contribution in [0.25, 0.3) is 0 Å². The third-order valence-electron chi connectivity index (χ3n) is 3.76. The van der Waals surface area contributed by atoms with Gasteiger partial charge in [-0.15, -0.1) is 0 Å². The molecule has 0 aliphatic carbocycles. The van der Waals surface area contributed by atoms with Crippen molar-refractivity contribution in [2.24, 2.45) is 0 Å². The molecule has 104 valence electrons. The van der Waals surface area contributed by atoms with E-state index >= 15 is 0 Å². The Morgan fingerprint density at radius 1 is 1.35 bits per heavy atom. The van der Waals surface area contributed by atoms with Crippen molar-refractivity contribution in [3.8, 4) is 5.75 Å². The van der Waals surface area contributed by atoms with Gasteiger partial charge in [0.1, 0.15) is 11.9 Å². The SMILES string of the molecule is Cc1cc(O)cc(=O)n1CC1OCCc2ccccc21. The molecule has 1 atom stereocenters. The first kappa shape index (κ1) is 12.9. The minimum atomic E-state index is -0.200. The Kier molecular flexibility index (Phi) is 3.32. The average molecular weight is 271 g/mol. The van der Waals surface area contributed by atoms with Gasteiger partial charge in [-0.1, -0.05) is 24.3 Å². The van der Waals surface area contributed by atoms with Crippen molar-refractivity contribution in [2.45, 2.75) is 26.0 Å². The number of fused-ring (bicyclic) bond motifs is 1. The fourth-order valence-electron chi connectivity index (χ4n) is 2.74. The van der Waals surface area contributed by atoms with Gasteiger partial charge in [0, 0.05) is 11.8 Å². The van der Waals surface area contributed by atoms with Gasteiger partial charge in [-0.2, -0.15) is 0 Å².